The molecule has 0 bridgehead atoms. The van der Waals surface area contributed by atoms with Gasteiger partial charge >= 0.3 is 0 Å². The van der Waals surface area contributed by atoms with Crippen molar-refractivity contribution in [3.8, 4) is 22.3 Å². The number of benzene rings is 4. The van der Waals surface area contributed by atoms with E-state index in [4.69, 9.17) is 11.5 Å². The molecule has 3 aromatic heterocycles. The van der Waals surface area contributed by atoms with Crippen molar-refractivity contribution in [3.63, 3.8) is 0 Å². The van der Waals surface area contributed by atoms with Crippen LogP contribution in [0.15, 0.2) is 128 Å². The van der Waals surface area contributed by atoms with Crippen molar-refractivity contribution in [2.75, 3.05) is 6.54 Å². The van der Waals surface area contributed by atoms with Gasteiger partial charge in [0, 0.05) is 83.0 Å². The quantitative estimate of drug-likeness (QED) is 0.163. The molecule has 7 aromatic rings. The fourth-order valence-corrected chi connectivity index (χ4v) is 8.07. The van der Waals surface area contributed by atoms with Gasteiger partial charge in [-0.2, -0.15) is 0 Å². The van der Waals surface area contributed by atoms with Gasteiger partial charge in [-0.1, -0.05) is 42.5 Å². The normalized spacial score (nSPS) is 14.6. The summed E-state index contributed by atoms with van der Waals surface area (Å²) >= 11 is 0. The average molecular weight is 888 g/mol. The molecular formula is C44H37N6U-. The van der Waals surface area contributed by atoms with Crippen LogP contribution in [0.25, 0.3) is 88.3 Å². The Hall–Kier alpha value is -5.22. The van der Waals surface area contributed by atoms with E-state index in [0.29, 0.717) is 0 Å². The number of aromatic nitrogens is 3. The molecule has 0 atom stereocenters. The molecule has 0 saturated carbocycles. The van der Waals surface area contributed by atoms with Gasteiger partial charge in [0.05, 0.1) is 33.5 Å². The van der Waals surface area contributed by atoms with Crippen LogP contribution in [-0.2, 0) is 12.8 Å². The topological polar surface area (TPSA) is 88.9 Å². The third-order valence-corrected chi connectivity index (χ3v) is 10.3. The fourth-order valence-electron chi connectivity index (χ4n) is 8.07. The van der Waals surface area contributed by atoms with Gasteiger partial charge in [-0.05, 0) is 115 Å². The molecule has 0 saturated heterocycles. The zero-order chi connectivity index (χ0) is 33.9. The molecule has 248 valence electrons. The summed E-state index contributed by atoms with van der Waals surface area (Å²) in [7, 11) is 0. The van der Waals surface area contributed by atoms with Gasteiger partial charge in [0.15, 0.2) is 0 Å². The van der Waals surface area contributed by atoms with Crippen LogP contribution in [0.4, 0.5) is 0 Å². The minimum atomic E-state index is 0. The Bertz CT molecular complexity index is 2680. The molecule has 4 heterocycles. The summed E-state index contributed by atoms with van der Waals surface area (Å²) in [6.07, 6.45) is 19.5. The Labute approximate surface area is 320 Å². The standard InChI is InChI=1S/C44H37N6.U/c1-3-6-31(24-45)49-41-16-11-29(40-17-19-48-40)22-38(41)39-21-28-9-12-34-33(36(28)23-43(39)49)13-14-35-37-20-27(30-8-5-18-47-26-30)10-15-42(37)50(44(34)35)32(25-46)7-4-2;/h3-8,10-11,13-18,20-26H,9,12,19,45-46H2,1-2H3;/q-1;/b6-3-,7-4-,31-24+,32-25+;. The molecule has 2 aliphatic rings. The summed E-state index contributed by atoms with van der Waals surface area (Å²) in [6, 6.07) is 26.9. The summed E-state index contributed by atoms with van der Waals surface area (Å²) in [6.45, 7) is 4.85. The van der Waals surface area contributed by atoms with Crippen LogP contribution in [0, 0.1) is 31.1 Å². The first kappa shape index (κ1) is 33.0. The first-order valence-electron chi connectivity index (χ1n) is 17.2. The summed E-state index contributed by atoms with van der Waals surface area (Å²) < 4.78 is 4.65. The number of hydrogen-bond donors (Lipinski definition) is 2. The van der Waals surface area contributed by atoms with Gasteiger partial charge in [-0.15, -0.1) is 18.3 Å². The number of nitrogens with two attached hydrogens (primary N) is 2. The molecule has 0 fully saturated rings. The molecule has 51 heavy (non-hydrogen) atoms. The van der Waals surface area contributed by atoms with Gasteiger partial charge in [0.2, 0.25) is 0 Å². The van der Waals surface area contributed by atoms with Gasteiger partial charge in [-0.25, -0.2) is 0 Å². The number of pyridine rings is 1. The number of allylic oxidation sites excluding steroid dienone is 6. The Morgan fingerprint density at radius 1 is 0.706 bits per heavy atom. The second kappa shape index (κ2) is 13.2. The second-order valence-corrected chi connectivity index (χ2v) is 13.0. The molecule has 4 aromatic carbocycles. The number of aryl methyl sites for hydroxylation is 2. The summed E-state index contributed by atoms with van der Waals surface area (Å²) in [4.78, 5) is 4.38. The minimum absolute atomic E-state index is 0. The van der Waals surface area contributed by atoms with Gasteiger partial charge < -0.3 is 25.9 Å². The van der Waals surface area contributed by atoms with Crippen LogP contribution in [0.5, 0.6) is 0 Å². The number of fused-ring (bicyclic) bond motifs is 10. The molecule has 0 amide bonds. The molecule has 0 spiro atoms. The second-order valence-electron chi connectivity index (χ2n) is 13.0. The molecule has 9 rings (SSSR count). The Balaban J connectivity index is 0.00000374. The van der Waals surface area contributed by atoms with Crippen LogP contribution < -0.4 is 11.5 Å². The van der Waals surface area contributed by atoms with E-state index in [1.807, 2.05) is 38.4 Å². The average Bonchev–Trinajstić information content (AvgIpc) is 3.63. The summed E-state index contributed by atoms with van der Waals surface area (Å²) in [5.41, 5.74) is 28.8. The maximum Gasteiger partial charge on any atom is 0.0613 e. The fraction of sp³-hybridized carbons (Fsp3) is 0.114. The van der Waals surface area contributed by atoms with Crippen molar-refractivity contribution in [2.24, 2.45) is 11.5 Å². The third kappa shape index (κ3) is 5.10. The Morgan fingerprint density at radius 3 is 2.08 bits per heavy atom. The largest absolute Gasteiger partial charge is 0.681 e. The number of hydrogen-bond acceptors (Lipinski definition) is 3. The van der Waals surface area contributed by atoms with Crippen molar-refractivity contribution in [3.05, 3.63) is 150 Å². The maximum absolute atomic E-state index is 6.35. The van der Waals surface area contributed by atoms with Crippen LogP contribution in [0.1, 0.15) is 30.5 Å². The molecule has 7 heteroatoms. The maximum atomic E-state index is 6.35. The van der Waals surface area contributed by atoms with Gasteiger partial charge in [0.25, 0.3) is 0 Å². The SMILES string of the molecule is C/C=C\C(=C/N)n1c2ccc(C3=CC[N-]3)cc2c2cc3c(cc21)-c1ccc2c4cc(-c5cccnc5)ccc4n(C(/C=C\C)=C/N)c2c1CC3.[U]. The number of rotatable bonds is 6. The molecule has 4 N–H and O–H groups in total. The van der Waals surface area contributed by atoms with E-state index in [1.165, 1.54) is 49.3 Å². The van der Waals surface area contributed by atoms with E-state index in [1.54, 1.807) is 12.4 Å². The molecule has 6 nitrogen and oxygen atoms in total. The van der Waals surface area contributed by atoms with Crippen LogP contribution in [0.2, 0.25) is 0 Å². The van der Waals surface area contributed by atoms with Gasteiger partial charge in [-0.3, -0.25) is 4.98 Å². The zero-order valence-electron chi connectivity index (χ0n) is 28.7. The molecule has 1 aliphatic carbocycles. The van der Waals surface area contributed by atoms with Crippen LogP contribution >= 0.6 is 0 Å². The molecule has 0 unspecified atom stereocenters. The monoisotopic (exact) mass is 887 g/mol. The Kier molecular flexibility index (Phi) is 8.50. The van der Waals surface area contributed by atoms with E-state index < -0.39 is 0 Å². The van der Waals surface area contributed by atoms with E-state index in [0.717, 1.165) is 69.7 Å². The Morgan fingerprint density at radius 2 is 1.39 bits per heavy atom. The molecular weight excluding hydrogens is 851 g/mol. The summed E-state index contributed by atoms with van der Waals surface area (Å²) in [5, 5.41) is 9.45. The van der Waals surface area contributed by atoms with E-state index in [9.17, 15) is 0 Å². The van der Waals surface area contributed by atoms with Gasteiger partial charge in [0.1, 0.15) is 0 Å². The third-order valence-electron chi connectivity index (χ3n) is 10.3. The first-order chi connectivity index (χ1) is 24.6. The van der Waals surface area contributed by atoms with E-state index in [-0.39, 0.29) is 31.1 Å². The van der Waals surface area contributed by atoms with Crippen molar-refractivity contribution in [2.45, 2.75) is 26.7 Å². The van der Waals surface area contributed by atoms with Crippen molar-refractivity contribution < 1.29 is 31.1 Å². The summed E-state index contributed by atoms with van der Waals surface area (Å²) in [5.74, 6) is 0. The number of nitrogens with zero attached hydrogens (tertiary/aromatic N) is 4. The molecule has 0 radical (unpaired) electrons. The molecule has 1 aliphatic heterocycles. The van der Waals surface area contributed by atoms with Crippen LogP contribution in [-0.4, -0.2) is 20.7 Å². The van der Waals surface area contributed by atoms with E-state index in [2.05, 4.69) is 110 Å². The zero-order valence-corrected chi connectivity index (χ0v) is 32.9. The van der Waals surface area contributed by atoms with Crippen LogP contribution in [0.3, 0.4) is 0 Å². The first-order valence-corrected chi connectivity index (χ1v) is 17.2. The van der Waals surface area contributed by atoms with Crippen molar-refractivity contribution >= 4 is 60.7 Å². The smallest absolute Gasteiger partial charge is 0.0613 e. The predicted molar refractivity (Wildman–Crippen MR) is 211 cm³/mol. The minimum Gasteiger partial charge on any atom is -0.681 e. The van der Waals surface area contributed by atoms with Crippen molar-refractivity contribution in [1.82, 2.24) is 14.1 Å². The van der Waals surface area contributed by atoms with E-state index >= 15 is 0 Å². The predicted octanol–water partition coefficient (Wildman–Crippen LogP) is 10.1. The van der Waals surface area contributed by atoms with Crippen molar-refractivity contribution in [1.29, 1.82) is 0 Å².